The molecule has 0 atom stereocenters. The summed E-state index contributed by atoms with van der Waals surface area (Å²) in [5.41, 5.74) is 2.53. The van der Waals surface area contributed by atoms with Crippen LogP contribution in [0.4, 0.5) is 29.2 Å². The van der Waals surface area contributed by atoms with Crippen LogP contribution in [0.1, 0.15) is 57.7 Å². The number of alkyl halides is 3. The van der Waals surface area contributed by atoms with Gasteiger partial charge < -0.3 is 10.1 Å². The number of nitrogens with one attached hydrogen (secondary N) is 3. The van der Waals surface area contributed by atoms with E-state index in [0.29, 0.717) is 24.0 Å². The summed E-state index contributed by atoms with van der Waals surface area (Å²) in [6.45, 7) is 6.06. The highest BCUT2D eigenvalue weighted by molar-refractivity contribution is 5.83. The van der Waals surface area contributed by atoms with Crippen LogP contribution in [0, 0.1) is 11.2 Å². The molecule has 0 saturated heterocycles. The second-order valence-corrected chi connectivity index (χ2v) is 11.0. The van der Waals surface area contributed by atoms with Crippen molar-refractivity contribution in [3.63, 3.8) is 0 Å². The molecule has 0 radical (unpaired) electrons. The lowest BCUT2D eigenvalue weighted by atomic mass is 9.69. The van der Waals surface area contributed by atoms with Crippen LogP contribution in [0.25, 0.3) is 0 Å². The van der Waals surface area contributed by atoms with Gasteiger partial charge in [0.15, 0.2) is 11.6 Å². The summed E-state index contributed by atoms with van der Waals surface area (Å²) in [4.78, 5) is 28.8. The van der Waals surface area contributed by atoms with E-state index in [-0.39, 0.29) is 37.6 Å². The van der Waals surface area contributed by atoms with Crippen LogP contribution in [0.3, 0.4) is 0 Å². The molecule has 2 amide bonds. The summed E-state index contributed by atoms with van der Waals surface area (Å²) in [5, 5.41) is 7.63. The van der Waals surface area contributed by atoms with Gasteiger partial charge >= 0.3 is 6.18 Å². The molecule has 1 aliphatic carbocycles. The molecule has 220 valence electrons. The Balaban J connectivity index is 1.51. The van der Waals surface area contributed by atoms with Crippen molar-refractivity contribution in [2.75, 3.05) is 5.32 Å². The third kappa shape index (κ3) is 6.95. The molecule has 0 spiro atoms. The number of nitrogens with zero attached hydrogens (tertiary/aromatic N) is 3. The fraction of sp³-hybridized carbons (Fsp3) is 0.429. The minimum absolute atomic E-state index is 0.220. The molecule has 1 saturated carbocycles. The summed E-state index contributed by atoms with van der Waals surface area (Å²) in [7, 11) is 0. The first-order valence-electron chi connectivity index (χ1n) is 13.1. The molecule has 2 aromatic heterocycles. The number of anilines is 2. The number of hydrogen-bond acceptors (Lipinski definition) is 6. The van der Waals surface area contributed by atoms with Gasteiger partial charge in [-0.25, -0.2) is 14.1 Å². The lowest BCUT2D eigenvalue weighted by Gasteiger charge is -2.38. The van der Waals surface area contributed by atoms with E-state index < -0.39 is 40.7 Å². The number of aromatic nitrogens is 3. The summed E-state index contributed by atoms with van der Waals surface area (Å²) in [6.07, 6.45) is -2.14. The molecule has 9 nitrogen and oxygen atoms in total. The van der Waals surface area contributed by atoms with Crippen molar-refractivity contribution >= 4 is 24.0 Å². The van der Waals surface area contributed by atoms with Crippen LogP contribution in [0.2, 0.25) is 0 Å². The molecule has 4 rings (SSSR count). The highest BCUT2D eigenvalue weighted by Crippen LogP contribution is 2.42. The molecule has 41 heavy (non-hydrogen) atoms. The molecule has 1 fully saturated rings. The van der Waals surface area contributed by atoms with Gasteiger partial charge in [-0.15, -0.1) is 0 Å². The summed E-state index contributed by atoms with van der Waals surface area (Å²) < 4.78 is 61.4. The third-order valence-corrected chi connectivity index (χ3v) is 7.04. The first-order valence-corrected chi connectivity index (χ1v) is 13.1. The van der Waals surface area contributed by atoms with Crippen LogP contribution >= 0.6 is 0 Å². The number of hydrogen-bond donors (Lipinski definition) is 3. The first kappa shape index (κ1) is 29.8. The molecular weight excluding hydrogens is 544 g/mol. The Morgan fingerprint density at radius 3 is 2.49 bits per heavy atom. The predicted molar refractivity (Wildman–Crippen MR) is 143 cm³/mol. The quantitative estimate of drug-likeness (QED) is 0.182. The molecule has 2 heterocycles. The van der Waals surface area contributed by atoms with E-state index in [4.69, 9.17) is 9.72 Å². The van der Waals surface area contributed by atoms with Crippen molar-refractivity contribution in [2.24, 2.45) is 5.41 Å². The molecular formula is C28H32F4N6O3. The second kappa shape index (κ2) is 11.8. The Bertz CT molecular complexity index is 1380. The number of rotatable bonds is 9. The Morgan fingerprint density at radius 1 is 1.12 bits per heavy atom. The van der Waals surface area contributed by atoms with E-state index >= 15 is 0 Å². The Hall–Kier alpha value is -4.16. The largest absolute Gasteiger partial charge is 0.487 e. The number of amides is 2. The molecule has 1 aromatic carbocycles. The number of ether oxygens (including phenoxy) is 1. The minimum atomic E-state index is -4.85. The predicted octanol–water partition coefficient (Wildman–Crippen LogP) is 5.26. The van der Waals surface area contributed by atoms with Gasteiger partial charge in [-0.1, -0.05) is 12.1 Å². The summed E-state index contributed by atoms with van der Waals surface area (Å²) in [5.74, 6) is -1.10. The zero-order chi connectivity index (χ0) is 29.8. The zero-order valence-corrected chi connectivity index (χ0v) is 22.9. The van der Waals surface area contributed by atoms with Gasteiger partial charge in [0.2, 0.25) is 12.3 Å². The molecule has 3 aromatic rings. The number of benzene rings is 1. The van der Waals surface area contributed by atoms with Crippen molar-refractivity contribution in [1.82, 2.24) is 25.6 Å². The van der Waals surface area contributed by atoms with Gasteiger partial charge in [-0.3, -0.25) is 20.4 Å². The Kier molecular flexibility index (Phi) is 8.55. The molecule has 0 bridgehead atoms. The van der Waals surface area contributed by atoms with Crippen LogP contribution in [-0.4, -0.2) is 33.2 Å². The highest BCUT2D eigenvalue weighted by Gasteiger charge is 2.43. The number of halogens is 4. The van der Waals surface area contributed by atoms with E-state index in [1.54, 1.807) is 18.3 Å². The highest BCUT2D eigenvalue weighted by atomic mass is 19.4. The number of carbonyl (C=O) groups is 2. The number of hydrazine groups is 1. The van der Waals surface area contributed by atoms with Crippen molar-refractivity contribution in [1.29, 1.82) is 0 Å². The lowest BCUT2D eigenvalue weighted by Crippen LogP contribution is -2.50. The fourth-order valence-electron chi connectivity index (χ4n) is 5.03. The average molecular weight is 577 g/mol. The van der Waals surface area contributed by atoms with Gasteiger partial charge in [0, 0.05) is 18.2 Å². The maximum absolute atomic E-state index is 14.5. The third-order valence-electron chi connectivity index (χ3n) is 7.04. The standard InChI is InChI=1S/C28H32F4N6O3/c1-26(2,3)38-23(12-15-34-38)36-22-9-4-6-18(35-22)16-27(25(40)37-33-17-39)13-10-19(11-14-27)41-21-8-5-7-20(24(21)29)28(30,31)32/h4-9,12,15,17,19H,10-11,13-14,16H2,1-3H3,(H,33,39)(H,35,36)(H,37,40)/t19-,27-. The van der Waals surface area contributed by atoms with Crippen LogP contribution < -0.4 is 20.9 Å². The van der Waals surface area contributed by atoms with Crippen LogP contribution in [0.15, 0.2) is 48.7 Å². The molecule has 13 heteroatoms. The van der Waals surface area contributed by atoms with Crippen LogP contribution in [-0.2, 0) is 27.7 Å². The van der Waals surface area contributed by atoms with Crippen molar-refractivity contribution in [2.45, 2.75) is 70.7 Å². The van der Waals surface area contributed by atoms with Crippen molar-refractivity contribution < 1.29 is 31.9 Å². The van der Waals surface area contributed by atoms with E-state index in [1.165, 1.54) is 0 Å². The topological polar surface area (TPSA) is 110 Å². The number of carbonyl (C=O) groups excluding carboxylic acids is 2. The second-order valence-electron chi connectivity index (χ2n) is 11.0. The molecule has 0 aliphatic heterocycles. The van der Waals surface area contributed by atoms with Gasteiger partial charge in [0.1, 0.15) is 11.6 Å². The van der Waals surface area contributed by atoms with Gasteiger partial charge in [0.05, 0.1) is 28.8 Å². The smallest absolute Gasteiger partial charge is 0.419 e. The molecule has 1 aliphatic rings. The summed E-state index contributed by atoms with van der Waals surface area (Å²) in [6, 6.07) is 10.1. The zero-order valence-electron chi connectivity index (χ0n) is 22.9. The number of pyridine rings is 1. The minimum Gasteiger partial charge on any atom is -0.487 e. The van der Waals surface area contributed by atoms with E-state index in [9.17, 15) is 27.2 Å². The Labute approximate surface area is 234 Å². The Morgan fingerprint density at radius 2 is 1.83 bits per heavy atom. The van der Waals surface area contributed by atoms with Gasteiger partial charge in [0.25, 0.3) is 0 Å². The van der Waals surface area contributed by atoms with Gasteiger partial charge in [-0.2, -0.15) is 18.3 Å². The molecule has 3 N–H and O–H groups in total. The monoisotopic (exact) mass is 576 g/mol. The van der Waals surface area contributed by atoms with Gasteiger partial charge in [-0.05, 0) is 70.7 Å². The van der Waals surface area contributed by atoms with E-state index in [1.807, 2.05) is 37.6 Å². The SMILES string of the molecule is CC(C)(C)n1nccc1Nc1cccc(C[C@]2(C(=O)NNC=O)CC[C@H](Oc3cccc(C(F)(F)F)c3F)CC2)n1. The average Bonchev–Trinajstić information content (AvgIpc) is 3.38. The normalized spacial score (nSPS) is 19.3. The van der Waals surface area contributed by atoms with Crippen LogP contribution in [0.5, 0.6) is 5.75 Å². The van der Waals surface area contributed by atoms with E-state index in [2.05, 4.69) is 21.3 Å². The summed E-state index contributed by atoms with van der Waals surface area (Å²) >= 11 is 0. The van der Waals surface area contributed by atoms with Crippen molar-refractivity contribution in [3.05, 3.63) is 65.7 Å². The maximum Gasteiger partial charge on any atom is 0.419 e. The van der Waals surface area contributed by atoms with Crippen molar-refractivity contribution in [3.8, 4) is 5.75 Å². The fourth-order valence-corrected chi connectivity index (χ4v) is 5.03. The first-order chi connectivity index (χ1) is 19.3. The molecule has 0 unspecified atom stereocenters. The maximum atomic E-state index is 14.5. The lowest BCUT2D eigenvalue weighted by molar-refractivity contribution is -0.140. The van der Waals surface area contributed by atoms with E-state index in [0.717, 1.165) is 18.0 Å².